The Morgan fingerprint density at radius 2 is 1.86 bits per heavy atom. The predicted octanol–water partition coefficient (Wildman–Crippen LogP) is 4.47. The fourth-order valence-corrected chi connectivity index (χ4v) is 2.32. The molecule has 0 aromatic heterocycles. The van der Waals surface area contributed by atoms with Gasteiger partial charge in [-0.3, -0.25) is 0 Å². The van der Waals surface area contributed by atoms with Crippen LogP contribution in [0.5, 0.6) is 5.75 Å². The summed E-state index contributed by atoms with van der Waals surface area (Å²) in [5, 5.41) is 14.7. The maximum Gasteiger partial charge on any atom is 0.573 e. The number of benzene rings is 2. The zero-order valence-electron chi connectivity index (χ0n) is 15.4. The van der Waals surface area contributed by atoms with Crippen LogP contribution in [-0.4, -0.2) is 18.9 Å². The first-order chi connectivity index (χ1) is 13.3. The number of halogens is 5. The number of nitrogens with zero attached hydrogens (tertiary/aromatic N) is 2. The van der Waals surface area contributed by atoms with E-state index in [2.05, 4.69) is 20.4 Å². The van der Waals surface area contributed by atoms with Gasteiger partial charge in [-0.2, -0.15) is 5.26 Å². The van der Waals surface area contributed by atoms with E-state index in [0.717, 1.165) is 0 Å². The molecular weight excluding hydrogens is 503 g/mol. The minimum Gasteiger partial charge on any atom is -0.405 e. The van der Waals surface area contributed by atoms with Gasteiger partial charge in [0.05, 0.1) is 18.2 Å². The molecule has 5 nitrogen and oxygen atoms in total. The summed E-state index contributed by atoms with van der Waals surface area (Å²) < 4.78 is 55.4. The van der Waals surface area contributed by atoms with Gasteiger partial charge >= 0.3 is 6.36 Å². The van der Waals surface area contributed by atoms with Gasteiger partial charge in [0.15, 0.2) is 5.96 Å². The van der Waals surface area contributed by atoms with Crippen molar-refractivity contribution in [2.24, 2.45) is 4.99 Å². The molecule has 0 aliphatic rings. The summed E-state index contributed by atoms with van der Waals surface area (Å²) in [5.41, 5.74) is 0.822. The molecule has 0 aliphatic carbocycles. The van der Waals surface area contributed by atoms with Crippen LogP contribution in [0.3, 0.4) is 0 Å². The quantitative estimate of drug-likeness (QED) is 0.254. The third kappa shape index (κ3) is 8.15. The van der Waals surface area contributed by atoms with E-state index in [4.69, 9.17) is 5.26 Å². The van der Waals surface area contributed by atoms with E-state index in [9.17, 15) is 17.6 Å². The Kier molecular flexibility index (Phi) is 9.67. The number of nitrogens with one attached hydrogen (secondary N) is 2. The van der Waals surface area contributed by atoms with Crippen molar-refractivity contribution in [3.63, 3.8) is 0 Å². The molecule has 0 amide bonds. The number of alkyl halides is 3. The molecule has 29 heavy (non-hydrogen) atoms. The van der Waals surface area contributed by atoms with Crippen LogP contribution in [0.2, 0.25) is 0 Å². The second-order valence-corrected chi connectivity index (χ2v) is 5.62. The van der Waals surface area contributed by atoms with Crippen LogP contribution in [-0.2, 0) is 13.1 Å². The van der Waals surface area contributed by atoms with Gasteiger partial charge in [-0.1, -0.05) is 18.2 Å². The summed E-state index contributed by atoms with van der Waals surface area (Å²) in [6.45, 7) is 2.28. The lowest BCUT2D eigenvalue weighted by Gasteiger charge is -2.15. The number of guanidine groups is 1. The summed E-state index contributed by atoms with van der Waals surface area (Å²) in [6.07, 6.45) is -4.79. The fraction of sp³-hybridized carbons (Fsp3) is 0.263. The molecule has 0 saturated heterocycles. The number of ether oxygens (including phenoxy) is 1. The van der Waals surface area contributed by atoms with Crippen molar-refractivity contribution in [2.75, 3.05) is 6.54 Å². The van der Waals surface area contributed by atoms with Crippen molar-refractivity contribution >= 4 is 29.9 Å². The van der Waals surface area contributed by atoms with Crippen LogP contribution in [0.1, 0.15) is 23.6 Å². The lowest BCUT2D eigenvalue weighted by atomic mass is 10.1. The first kappa shape index (κ1) is 24.5. The number of rotatable bonds is 6. The third-order valence-electron chi connectivity index (χ3n) is 3.57. The second-order valence-electron chi connectivity index (χ2n) is 5.62. The highest BCUT2D eigenvalue weighted by molar-refractivity contribution is 14.0. The molecule has 0 atom stereocenters. The summed E-state index contributed by atoms with van der Waals surface area (Å²) in [7, 11) is 0. The summed E-state index contributed by atoms with van der Waals surface area (Å²) in [6, 6.07) is 11.6. The molecule has 0 saturated carbocycles. The molecule has 0 heterocycles. The van der Waals surface area contributed by atoms with Gasteiger partial charge in [0.1, 0.15) is 11.6 Å². The smallest absolute Gasteiger partial charge is 0.405 e. The van der Waals surface area contributed by atoms with Gasteiger partial charge in [0.2, 0.25) is 0 Å². The molecular formula is C19H19F4IN4O. The molecule has 0 unspecified atom stereocenters. The van der Waals surface area contributed by atoms with Gasteiger partial charge in [0, 0.05) is 24.2 Å². The van der Waals surface area contributed by atoms with E-state index in [-0.39, 0.29) is 59.9 Å². The lowest BCUT2D eigenvalue weighted by Crippen LogP contribution is -2.37. The standard InChI is InChI=1S/C19H18F4N4O.HI/c1-2-25-18(27-12-15-9-13(10-24)7-8-16(15)20)26-11-14-5-3-4-6-17(14)28-19(21,22)23;/h3-9H,2,11-12H2,1H3,(H2,25,26,27);1H. The third-order valence-corrected chi connectivity index (χ3v) is 3.57. The summed E-state index contributed by atoms with van der Waals surface area (Å²) in [4.78, 5) is 4.22. The Bertz CT molecular complexity index is 881. The minimum atomic E-state index is -4.79. The van der Waals surface area contributed by atoms with Crippen molar-refractivity contribution in [2.45, 2.75) is 26.4 Å². The van der Waals surface area contributed by atoms with Crippen molar-refractivity contribution in [3.05, 3.63) is 65.0 Å². The molecule has 2 rings (SSSR count). The van der Waals surface area contributed by atoms with Gasteiger partial charge in [-0.15, -0.1) is 37.1 Å². The van der Waals surface area contributed by atoms with Crippen molar-refractivity contribution in [1.29, 1.82) is 5.26 Å². The fourth-order valence-electron chi connectivity index (χ4n) is 2.32. The van der Waals surface area contributed by atoms with Crippen LogP contribution < -0.4 is 15.4 Å². The van der Waals surface area contributed by atoms with Crippen LogP contribution in [0, 0.1) is 17.1 Å². The normalized spacial score (nSPS) is 11.2. The van der Waals surface area contributed by atoms with Crippen LogP contribution >= 0.6 is 24.0 Å². The number of hydrogen-bond acceptors (Lipinski definition) is 3. The first-order valence-corrected chi connectivity index (χ1v) is 8.36. The average molecular weight is 522 g/mol. The predicted molar refractivity (Wildman–Crippen MR) is 111 cm³/mol. The first-order valence-electron chi connectivity index (χ1n) is 8.36. The molecule has 0 spiro atoms. The molecule has 2 N–H and O–H groups in total. The highest BCUT2D eigenvalue weighted by Gasteiger charge is 2.31. The van der Waals surface area contributed by atoms with E-state index in [1.165, 1.54) is 36.4 Å². The Morgan fingerprint density at radius 1 is 1.14 bits per heavy atom. The van der Waals surface area contributed by atoms with Crippen molar-refractivity contribution in [1.82, 2.24) is 10.6 Å². The van der Waals surface area contributed by atoms with E-state index in [1.54, 1.807) is 6.07 Å². The number of hydrogen-bond donors (Lipinski definition) is 2. The van der Waals surface area contributed by atoms with E-state index >= 15 is 0 Å². The maximum atomic E-state index is 13.9. The number of aliphatic imine (C=N–C) groups is 1. The van der Waals surface area contributed by atoms with Gasteiger partial charge in [-0.05, 0) is 31.2 Å². The Balaban J connectivity index is 0.00000420. The Hall–Kier alpha value is -2.55. The largest absolute Gasteiger partial charge is 0.573 e. The van der Waals surface area contributed by atoms with Gasteiger partial charge in [-0.25, -0.2) is 9.38 Å². The lowest BCUT2D eigenvalue weighted by molar-refractivity contribution is -0.274. The van der Waals surface area contributed by atoms with Gasteiger partial charge in [0.25, 0.3) is 0 Å². The highest BCUT2D eigenvalue weighted by atomic mass is 127. The molecule has 156 valence electrons. The number of nitriles is 1. The van der Waals surface area contributed by atoms with E-state index in [0.29, 0.717) is 12.1 Å². The Morgan fingerprint density at radius 3 is 2.52 bits per heavy atom. The van der Waals surface area contributed by atoms with E-state index < -0.39 is 12.2 Å². The maximum absolute atomic E-state index is 13.9. The molecule has 10 heteroatoms. The van der Waals surface area contributed by atoms with E-state index in [1.807, 2.05) is 13.0 Å². The zero-order valence-corrected chi connectivity index (χ0v) is 17.7. The van der Waals surface area contributed by atoms with Crippen LogP contribution in [0.15, 0.2) is 47.5 Å². The van der Waals surface area contributed by atoms with Crippen LogP contribution in [0.25, 0.3) is 0 Å². The number of para-hydroxylation sites is 1. The Labute approximate surface area is 182 Å². The molecule has 2 aromatic rings. The minimum absolute atomic E-state index is 0. The molecule has 0 fully saturated rings. The molecule has 0 bridgehead atoms. The van der Waals surface area contributed by atoms with Crippen molar-refractivity contribution < 1.29 is 22.3 Å². The topological polar surface area (TPSA) is 69.4 Å². The monoisotopic (exact) mass is 522 g/mol. The summed E-state index contributed by atoms with van der Waals surface area (Å²) in [5.74, 6) is -0.528. The highest BCUT2D eigenvalue weighted by Crippen LogP contribution is 2.26. The average Bonchev–Trinajstić information content (AvgIpc) is 2.65. The second kappa shape index (κ2) is 11.5. The van der Waals surface area contributed by atoms with Gasteiger partial charge < -0.3 is 15.4 Å². The van der Waals surface area contributed by atoms with Crippen molar-refractivity contribution in [3.8, 4) is 11.8 Å². The summed E-state index contributed by atoms with van der Waals surface area (Å²) >= 11 is 0. The zero-order chi connectivity index (χ0) is 20.6. The molecule has 2 aromatic carbocycles. The SMILES string of the molecule is CCNC(=NCc1cc(C#N)ccc1F)NCc1ccccc1OC(F)(F)F.I. The van der Waals surface area contributed by atoms with Crippen LogP contribution in [0.4, 0.5) is 17.6 Å². The molecule has 0 aliphatic heterocycles. The molecule has 0 radical (unpaired) electrons.